The van der Waals surface area contributed by atoms with Crippen molar-refractivity contribution in [2.24, 2.45) is 0 Å². The molecule has 23 heavy (non-hydrogen) atoms. The van der Waals surface area contributed by atoms with Crippen LogP contribution in [0.4, 0.5) is 26.3 Å². The Balaban J connectivity index is 2.52. The van der Waals surface area contributed by atoms with Crippen molar-refractivity contribution >= 4 is 23.6 Å². The van der Waals surface area contributed by atoms with Crippen LogP contribution in [0.5, 0.6) is 11.5 Å². The molecule has 0 fully saturated rings. The molecule has 1 N–H and O–H groups in total. The van der Waals surface area contributed by atoms with Crippen LogP contribution in [0, 0.1) is 0 Å². The summed E-state index contributed by atoms with van der Waals surface area (Å²) < 4.78 is 83.1. The van der Waals surface area contributed by atoms with E-state index in [1.54, 1.807) is 0 Å². The maximum atomic E-state index is 12.8. The van der Waals surface area contributed by atoms with E-state index in [1.807, 2.05) is 0 Å². The second kappa shape index (κ2) is 5.52. The van der Waals surface area contributed by atoms with Crippen molar-refractivity contribution < 1.29 is 45.7 Å². The molecule has 0 aromatic heterocycles. The van der Waals surface area contributed by atoms with Gasteiger partial charge in [-0.3, -0.25) is 0 Å². The van der Waals surface area contributed by atoms with Crippen LogP contribution in [-0.2, 0) is 4.79 Å². The monoisotopic (exact) mass is 362 g/mol. The average Bonchev–Trinajstić information content (AvgIpc) is 2.35. The molecule has 4 nitrogen and oxygen atoms in total. The summed E-state index contributed by atoms with van der Waals surface area (Å²) in [4.78, 5) is 10.9. The summed E-state index contributed by atoms with van der Waals surface area (Å²) in [7, 11) is 0. The van der Waals surface area contributed by atoms with Gasteiger partial charge in [0.15, 0.2) is 5.75 Å². The highest BCUT2D eigenvalue weighted by molar-refractivity contribution is 6.32. The van der Waals surface area contributed by atoms with E-state index in [0.717, 1.165) is 6.07 Å². The van der Waals surface area contributed by atoms with E-state index in [4.69, 9.17) is 16.7 Å². The minimum Gasteiger partial charge on any atom is -0.478 e. The Labute approximate surface area is 128 Å². The Kier molecular flexibility index (Phi) is 4.14. The third kappa shape index (κ3) is 3.81. The van der Waals surface area contributed by atoms with E-state index in [0.29, 0.717) is 12.1 Å². The van der Waals surface area contributed by atoms with Crippen LogP contribution in [0.1, 0.15) is 5.56 Å². The number of rotatable bonds is 2. The van der Waals surface area contributed by atoms with Gasteiger partial charge in [0, 0.05) is 11.6 Å². The zero-order chi connectivity index (χ0) is 17.6. The molecule has 0 saturated heterocycles. The molecular formula is C12H5ClF6O4. The Bertz CT molecular complexity index is 679. The van der Waals surface area contributed by atoms with Crippen molar-refractivity contribution in [3.8, 4) is 11.5 Å². The fourth-order valence-corrected chi connectivity index (χ4v) is 2.03. The van der Waals surface area contributed by atoms with Gasteiger partial charge >= 0.3 is 18.5 Å². The van der Waals surface area contributed by atoms with Gasteiger partial charge < -0.3 is 14.6 Å². The number of ether oxygens (including phenoxy) is 2. The molecule has 1 aromatic carbocycles. The molecule has 0 amide bonds. The van der Waals surface area contributed by atoms with Gasteiger partial charge in [-0.25, -0.2) is 4.79 Å². The average molecular weight is 363 g/mol. The number of alkyl halides is 6. The van der Waals surface area contributed by atoms with Crippen LogP contribution >= 0.6 is 11.6 Å². The molecule has 1 atom stereocenters. The van der Waals surface area contributed by atoms with Crippen molar-refractivity contribution in [2.45, 2.75) is 18.6 Å². The zero-order valence-corrected chi connectivity index (χ0v) is 11.4. The van der Waals surface area contributed by atoms with Crippen LogP contribution in [0.3, 0.4) is 0 Å². The molecule has 126 valence electrons. The predicted octanol–water partition coefficient (Wildman–Crippen LogP) is 4.03. The number of hydrogen-bond donors (Lipinski definition) is 1. The highest BCUT2D eigenvalue weighted by Gasteiger charge is 2.48. The molecule has 0 saturated carbocycles. The summed E-state index contributed by atoms with van der Waals surface area (Å²) >= 11 is 5.54. The van der Waals surface area contributed by atoms with Crippen molar-refractivity contribution in [3.63, 3.8) is 0 Å². The number of carboxylic acid groups (broad SMARTS) is 1. The SMILES string of the molecule is O=C(O)C1=Cc2cc(Cl)c(OC(F)(F)F)cc2OC1C(F)(F)F. The van der Waals surface area contributed by atoms with Crippen LogP contribution < -0.4 is 9.47 Å². The lowest BCUT2D eigenvalue weighted by Gasteiger charge is -2.27. The van der Waals surface area contributed by atoms with Gasteiger partial charge in [0.25, 0.3) is 0 Å². The minimum atomic E-state index is -5.11. The summed E-state index contributed by atoms with van der Waals surface area (Å²) in [5.74, 6) is -3.49. The summed E-state index contributed by atoms with van der Waals surface area (Å²) in [5.41, 5.74) is -1.34. The Hall–Kier alpha value is -2.10. The largest absolute Gasteiger partial charge is 0.573 e. The van der Waals surface area contributed by atoms with E-state index in [-0.39, 0.29) is 5.56 Å². The number of carboxylic acids is 1. The normalized spacial score (nSPS) is 17.9. The smallest absolute Gasteiger partial charge is 0.478 e. The second-order valence-electron chi connectivity index (χ2n) is 4.31. The van der Waals surface area contributed by atoms with E-state index >= 15 is 0 Å². The lowest BCUT2D eigenvalue weighted by molar-refractivity contribution is -0.274. The lowest BCUT2D eigenvalue weighted by atomic mass is 10.0. The first-order valence-corrected chi connectivity index (χ1v) is 6.04. The van der Waals surface area contributed by atoms with Crippen LogP contribution in [0.25, 0.3) is 6.08 Å². The van der Waals surface area contributed by atoms with Crippen molar-refractivity contribution in [1.82, 2.24) is 0 Å². The van der Waals surface area contributed by atoms with E-state index < -0.39 is 46.7 Å². The van der Waals surface area contributed by atoms with Gasteiger partial charge in [0.05, 0.1) is 10.6 Å². The molecule has 0 radical (unpaired) electrons. The summed E-state index contributed by atoms with van der Waals surface area (Å²) in [6, 6.07) is 1.33. The van der Waals surface area contributed by atoms with Gasteiger partial charge in [0.2, 0.25) is 6.10 Å². The summed E-state index contributed by atoms with van der Waals surface area (Å²) in [6.45, 7) is 0. The number of benzene rings is 1. The lowest BCUT2D eigenvalue weighted by Crippen LogP contribution is -2.40. The minimum absolute atomic E-state index is 0.220. The second-order valence-corrected chi connectivity index (χ2v) is 4.72. The molecule has 11 heteroatoms. The third-order valence-electron chi connectivity index (χ3n) is 2.67. The van der Waals surface area contributed by atoms with Crippen molar-refractivity contribution in [3.05, 3.63) is 28.3 Å². The number of aliphatic carboxylic acids is 1. The number of halogens is 7. The first kappa shape index (κ1) is 17.3. The molecular weight excluding hydrogens is 358 g/mol. The molecule has 1 aliphatic heterocycles. The Morgan fingerprint density at radius 1 is 1.22 bits per heavy atom. The molecule has 1 unspecified atom stereocenters. The molecule has 0 aliphatic carbocycles. The third-order valence-corrected chi connectivity index (χ3v) is 2.97. The fourth-order valence-electron chi connectivity index (χ4n) is 1.82. The Morgan fingerprint density at radius 3 is 2.30 bits per heavy atom. The predicted molar refractivity (Wildman–Crippen MR) is 64.2 cm³/mol. The maximum absolute atomic E-state index is 12.8. The number of carbonyl (C=O) groups is 1. The van der Waals surface area contributed by atoms with Gasteiger partial charge in [0.1, 0.15) is 5.75 Å². The number of hydrogen-bond acceptors (Lipinski definition) is 3. The maximum Gasteiger partial charge on any atom is 0.573 e. The van der Waals surface area contributed by atoms with Crippen LogP contribution in [-0.4, -0.2) is 29.7 Å². The van der Waals surface area contributed by atoms with Gasteiger partial charge in [-0.1, -0.05) is 11.6 Å². The van der Waals surface area contributed by atoms with E-state index in [2.05, 4.69) is 9.47 Å². The molecule has 0 spiro atoms. The quantitative estimate of drug-likeness (QED) is 0.807. The zero-order valence-electron chi connectivity index (χ0n) is 10.6. The Morgan fingerprint density at radius 2 is 1.83 bits per heavy atom. The molecule has 1 aromatic rings. The molecule has 0 bridgehead atoms. The van der Waals surface area contributed by atoms with Gasteiger partial charge in [-0.05, 0) is 12.1 Å². The highest BCUT2D eigenvalue weighted by atomic mass is 35.5. The standard InChI is InChI=1S/C12H5ClF6O4/c13-6-2-4-1-5(10(20)21)9(11(14,15)16)22-7(4)3-8(6)23-12(17,18)19/h1-3,9H,(H,20,21). The van der Waals surface area contributed by atoms with Crippen LogP contribution in [0.2, 0.25) is 5.02 Å². The molecule has 1 heterocycles. The number of fused-ring (bicyclic) bond motifs is 1. The van der Waals surface area contributed by atoms with Crippen molar-refractivity contribution in [2.75, 3.05) is 0 Å². The fraction of sp³-hybridized carbons (Fsp3) is 0.250. The molecule has 1 aliphatic rings. The van der Waals surface area contributed by atoms with E-state index in [9.17, 15) is 31.1 Å². The van der Waals surface area contributed by atoms with Crippen LogP contribution in [0.15, 0.2) is 17.7 Å². The highest BCUT2D eigenvalue weighted by Crippen LogP contribution is 2.42. The van der Waals surface area contributed by atoms with Crippen molar-refractivity contribution in [1.29, 1.82) is 0 Å². The first-order valence-electron chi connectivity index (χ1n) is 5.66. The van der Waals surface area contributed by atoms with E-state index in [1.165, 1.54) is 0 Å². The summed E-state index contributed by atoms with van der Waals surface area (Å²) in [5, 5.41) is 8.25. The molecule has 2 rings (SSSR count). The van der Waals surface area contributed by atoms with Gasteiger partial charge in [-0.2, -0.15) is 13.2 Å². The summed E-state index contributed by atoms with van der Waals surface area (Å²) in [6.07, 6.45) is -12.4. The first-order chi connectivity index (χ1) is 10.4. The van der Waals surface area contributed by atoms with Gasteiger partial charge in [-0.15, -0.1) is 13.2 Å². The topological polar surface area (TPSA) is 55.8 Å².